The second kappa shape index (κ2) is 7.22. The third-order valence-electron chi connectivity index (χ3n) is 4.16. The van der Waals surface area contributed by atoms with Crippen molar-refractivity contribution in [2.45, 2.75) is 25.7 Å². The van der Waals surface area contributed by atoms with Gasteiger partial charge in [0.05, 0.1) is 5.52 Å². The van der Waals surface area contributed by atoms with E-state index >= 15 is 0 Å². The maximum absolute atomic E-state index is 12.1. The third-order valence-corrected chi connectivity index (χ3v) is 4.16. The van der Waals surface area contributed by atoms with Crippen molar-refractivity contribution in [2.75, 3.05) is 19.6 Å². The Hall–Kier alpha value is -2.43. The molecule has 0 aliphatic carbocycles. The number of pyridine rings is 1. The lowest BCUT2D eigenvalue weighted by Gasteiger charge is -2.26. The van der Waals surface area contributed by atoms with Gasteiger partial charge in [0, 0.05) is 31.4 Å². The van der Waals surface area contributed by atoms with Crippen molar-refractivity contribution in [1.82, 2.24) is 15.2 Å². The van der Waals surface area contributed by atoms with E-state index in [4.69, 9.17) is 0 Å². The summed E-state index contributed by atoms with van der Waals surface area (Å²) < 4.78 is 0. The Bertz CT molecular complexity index is 708. The Balaban J connectivity index is 1.53. The first-order valence-electron chi connectivity index (χ1n) is 8.16. The van der Waals surface area contributed by atoms with Gasteiger partial charge in [0.1, 0.15) is 5.69 Å². The van der Waals surface area contributed by atoms with Gasteiger partial charge in [-0.3, -0.25) is 9.59 Å². The number of piperidine rings is 1. The largest absolute Gasteiger partial charge is 0.350 e. The van der Waals surface area contributed by atoms with Crippen LogP contribution >= 0.6 is 0 Å². The molecular weight excluding hydrogens is 290 g/mol. The maximum Gasteiger partial charge on any atom is 0.269 e. The number of likely N-dealkylation sites (tertiary alicyclic amines) is 1. The summed E-state index contributed by atoms with van der Waals surface area (Å²) in [5, 5.41) is 3.79. The first-order valence-corrected chi connectivity index (χ1v) is 8.16. The van der Waals surface area contributed by atoms with E-state index in [-0.39, 0.29) is 11.8 Å². The van der Waals surface area contributed by atoms with Crippen molar-refractivity contribution in [3.63, 3.8) is 0 Å². The molecule has 2 amide bonds. The van der Waals surface area contributed by atoms with Gasteiger partial charge < -0.3 is 10.2 Å². The van der Waals surface area contributed by atoms with Crippen LogP contribution in [0.2, 0.25) is 0 Å². The van der Waals surface area contributed by atoms with Crippen LogP contribution < -0.4 is 5.32 Å². The zero-order chi connectivity index (χ0) is 16.1. The van der Waals surface area contributed by atoms with E-state index in [1.807, 2.05) is 35.2 Å². The number of aromatic nitrogens is 1. The second-order valence-electron chi connectivity index (χ2n) is 5.84. The fourth-order valence-electron chi connectivity index (χ4n) is 2.87. The lowest BCUT2D eigenvalue weighted by Crippen LogP contribution is -2.37. The van der Waals surface area contributed by atoms with Crippen LogP contribution in [0.1, 0.15) is 36.2 Å². The van der Waals surface area contributed by atoms with Gasteiger partial charge in [0.25, 0.3) is 5.91 Å². The normalized spacial score (nSPS) is 14.7. The summed E-state index contributed by atoms with van der Waals surface area (Å²) in [6.07, 6.45) is 3.71. The quantitative estimate of drug-likeness (QED) is 0.943. The number of carbonyl (C=O) groups is 2. The Kier molecular flexibility index (Phi) is 4.86. The highest BCUT2D eigenvalue weighted by Gasteiger charge is 2.16. The number of hydrogen-bond donors (Lipinski definition) is 1. The van der Waals surface area contributed by atoms with E-state index in [0.29, 0.717) is 18.7 Å². The molecule has 1 aromatic heterocycles. The van der Waals surface area contributed by atoms with Gasteiger partial charge in [-0.2, -0.15) is 0 Å². The predicted molar refractivity (Wildman–Crippen MR) is 89.1 cm³/mol. The van der Waals surface area contributed by atoms with Crippen LogP contribution in [0.25, 0.3) is 10.9 Å². The summed E-state index contributed by atoms with van der Waals surface area (Å²) in [6.45, 7) is 2.04. The molecule has 1 saturated heterocycles. The highest BCUT2D eigenvalue weighted by atomic mass is 16.2. The number of rotatable bonds is 4. The molecule has 5 heteroatoms. The van der Waals surface area contributed by atoms with E-state index in [9.17, 15) is 9.59 Å². The summed E-state index contributed by atoms with van der Waals surface area (Å²) in [5.74, 6) is -0.112. The average molecular weight is 311 g/mol. The third kappa shape index (κ3) is 3.86. The second-order valence-corrected chi connectivity index (χ2v) is 5.84. The van der Waals surface area contributed by atoms with Gasteiger partial charge in [-0.1, -0.05) is 24.3 Å². The highest BCUT2D eigenvalue weighted by molar-refractivity contribution is 5.95. The molecule has 1 aromatic carbocycles. The minimum Gasteiger partial charge on any atom is -0.350 e. The maximum atomic E-state index is 12.1. The van der Waals surface area contributed by atoms with E-state index in [1.165, 1.54) is 6.42 Å². The van der Waals surface area contributed by atoms with Crippen molar-refractivity contribution in [1.29, 1.82) is 0 Å². The van der Waals surface area contributed by atoms with Gasteiger partial charge in [0.15, 0.2) is 0 Å². The monoisotopic (exact) mass is 311 g/mol. The Morgan fingerprint density at radius 1 is 1.04 bits per heavy atom. The summed E-state index contributed by atoms with van der Waals surface area (Å²) in [7, 11) is 0. The van der Waals surface area contributed by atoms with Gasteiger partial charge in [0.2, 0.25) is 5.91 Å². The summed E-state index contributed by atoms with van der Waals surface area (Å²) in [6, 6.07) is 11.3. The Labute approximate surface area is 135 Å². The molecule has 0 atom stereocenters. The molecule has 1 N–H and O–H groups in total. The number of carbonyl (C=O) groups excluding carboxylic acids is 2. The summed E-state index contributed by atoms with van der Waals surface area (Å²) in [4.78, 5) is 30.4. The Morgan fingerprint density at radius 2 is 1.83 bits per heavy atom. The van der Waals surface area contributed by atoms with Gasteiger partial charge in [-0.05, 0) is 31.4 Å². The zero-order valence-corrected chi connectivity index (χ0v) is 13.1. The van der Waals surface area contributed by atoms with Crippen molar-refractivity contribution in [3.8, 4) is 0 Å². The number of nitrogens with one attached hydrogen (secondary N) is 1. The van der Waals surface area contributed by atoms with Gasteiger partial charge in [-0.15, -0.1) is 0 Å². The number of benzene rings is 1. The van der Waals surface area contributed by atoms with E-state index in [2.05, 4.69) is 10.3 Å². The van der Waals surface area contributed by atoms with E-state index < -0.39 is 0 Å². The minimum atomic E-state index is -0.234. The predicted octanol–water partition coefficient (Wildman–Crippen LogP) is 2.37. The molecule has 0 radical (unpaired) electrons. The number of fused-ring (bicyclic) bond motifs is 1. The fourth-order valence-corrected chi connectivity index (χ4v) is 2.87. The number of para-hydroxylation sites is 1. The zero-order valence-electron chi connectivity index (χ0n) is 13.1. The van der Waals surface area contributed by atoms with Gasteiger partial charge >= 0.3 is 0 Å². The fraction of sp³-hybridized carbons (Fsp3) is 0.389. The molecule has 0 saturated carbocycles. The molecule has 3 rings (SSSR count). The molecular formula is C18H21N3O2. The molecule has 0 unspecified atom stereocenters. The van der Waals surface area contributed by atoms with E-state index in [1.54, 1.807) is 6.07 Å². The first kappa shape index (κ1) is 15.5. The van der Waals surface area contributed by atoms with Crippen LogP contribution in [0.5, 0.6) is 0 Å². The van der Waals surface area contributed by atoms with Crippen molar-refractivity contribution in [3.05, 3.63) is 42.1 Å². The van der Waals surface area contributed by atoms with Gasteiger partial charge in [-0.25, -0.2) is 4.98 Å². The molecule has 0 spiro atoms. The van der Waals surface area contributed by atoms with Crippen LogP contribution in [-0.2, 0) is 4.79 Å². The highest BCUT2D eigenvalue weighted by Crippen LogP contribution is 2.12. The topological polar surface area (TPSA) is 62.3 Å². The van der Waals surface area contributed by atoms with Crippen LogP contribution in [0, 0.1) is 0 Å². The minimum absolute atomic E-state index is 0.122. The molecule has 23 heavy (non-hydrogen) atoms. The van der Waals surface area contributed by atoms with Crippen LogP contribution in [0.4, 0.5) is 0 Å². The number of amides is 2. The van der Waals surface area contributed by atoms with Crippen LogP contribution in [-0.4, -0.2) is 41.3 Å². The molecule has 2 heterocycles. The molecule has 1 fully saturated rings. The van der Waals surface area contributed by atoms with Crippen molar-refractivity contribution in [2.24, 2.45) is 0 Å². The smallest absolute Gasteiger partial charge is 0.269 e. The number of nitrogens with zero attached hydrogens (tertiary/aromatic N) is 2. The molecule has 5 nitrogen and oxygen atoms in total. The molecule has 1 aliphatic rings. The summed E-state index contributed by atoms with van der Waals surface area (Å²) >= 11 is 0. The van der Waals surface area contributed by atoms with Crippen LogP contribution in [0.15, 0.2) is 36.4 Å². The lowest BCUT2D eigenvalue weighted by molar-refractivity contribution is -0.131. The molecule has 1 aliphatic heterocycles. The first-order chi connectivity index (χ1) is 11.2. The van der Waals surface area contributed by atoms with Crippen LogP contribution in [0.3, 0.4) is 0 Å². The standard InChI is InChI=1S/C18H21N3O2/c22-17(21-12-4-1-5-13-21)10-11-19-18(23)16-9-8-14-6-2-3-7-15(14)20-16/h2-3,6-9H,1,4-5,10-13H2,(H,19,23). The average Bonchev–Trinajstić information content (AvgIpc) is 2.61. The SMILES string of the molecule is O=C(NCCC(=O)N1CCCCC1)c1ccc2ccccc2n1. The van der Waals surface area contributed by atoms with E-state index in [0.717, 1.165) is 36.8 Å². The molecule has 120 valence electrons. The lowest BCUT2D eigenvalue weighted by atomic mass is 10.1. The van der Waals surface area contributed by atoms with Crippen molar-refractivity contribution < 1.29 is 9.59 Å². The molecule has 0 bridgehead atoms. The Morgan fingerprint density at radius 3 is 2.65 bits per heavy atom. The molecule has 2 aromatic rings. The van der Waals surface area contributed by atoms with Crippen molar-refractivity contribution >= 4 is 22.7 Å². The number of hydrogen-bond acceptors (Lipinski definition) is 3. The summed E-state index contributed by atoms with van der Waals surface area (Å²) in [5.41, 5.74) is 1.18.